The standard InChI is InChI=1S/C17H25NO/c1-14(16-11-7-4-8-12-16)18(2)17(19)13-15-9-5-3-6-10-15/h4,7-8,11-12,14-15H,3,5-6,9-10,13H2,1-2H3. The average molecular weight is 259 g/mol. The smallest absolute Gasteiger partial charge is 0.223 e. The zero-order valence-corrected chi connectivity index (χ0v) is 12.1. The Labute approximate surface area is 116 Å². The van der Waals surface area contributed by atoms with Gasteiger partial charge in [0, 0.05) is 13.5 Å². The lowest BCUT2D eigenvalue weighted by Crippen LogP contribution is -2.31. The third kappa shape index (κ3) is 3.82. The van der Waals surface area contributed by atoms with Gasteiger partial charge in [-0.2, -0.15) is 0 Å². The van der Waals surface area contributed by atoms with Crippen molar-refractivity contribution in [2.45, 2.75) is 51.5 Å². The van der Waals surface area contributed by atoms with Gasteiger partial charge in [-0.25, -0.2) is 0 Å². The summed E-state index contributed by atoms with van der Waals surface area (Å²) in [4.78, 5) is 14.3. The van der Waals surface area contributed by atoms with Gasteiger partial charge < -0.3 is 4.90 Å². The number of hydrogen-bond acceptors (Lipinski definition) is 1. The maximum absolute atomic E-state index is 12.4. The summed E-state index contributed by atoms with van der Waals surface area (Å²) in [6.07, 6.45) is 7.15. The molecule has 0 aromatic heterocycles. The van der Waals surface area contributed by atoms with Gasteiger partial charge in [-0.1, -0.05) is 49.6 Å². The topological polar surface area (TPSA) is 20.3 Å². The van der Waals surface area contributed by atoms with Crippen LogP contribution in [0.2, 0.25) is 0 Å². The Hall–Kier alpha value is -1.31. The molecule has 0 spiro atoms. The summed E-state index contributed by atoms with van der Waals surface area (Å²) < 4.78 is 0. The highest BCUT2D eigenvalue weighted by Crippen LogP contribution is 2.28. The van der Waals surface area contributed by atoms with Crippen LogP contribution in [0.1, 0.15) is 57.1 Å². The van der Waals surface area contributed by atoms with Gasteiger partial charge in [0.15, 0.2) is 0 Å². The van der Waals surface area contributed by atoms with Crippen molar-refractivity contribution in [1.82, 2.24) is 4.90 Å². The third-order valence-corrected chi connectivity index (χ3v) is 4.44. The molecule has 1 unspecified atom stereocenters. The molecule has 1 saturated carbocycles. The molecule has 1 aromatic carbocycles. The summed E-state index contributed by atoms with van der Waals surface area (Å²) in [5.74, 6) is 0.912. The number of rotatable bonds is 4. The monoisotopic (exact) mass is 259 g/mol. The van der Waals surface area contributed by atoms with Crippen LogP contribution in [-0.2, 0) is 4.79 Å². The summed E-state index contributed by atoms with van der Waals surface area (Å²) in [7, 11) is 1.93. The second-order valence-corrected chi connectivity index (χ2v) is 5.80. The Kier molecular flexibility index (Phi) is 5.00. The van der Waals surface area contributed by atoms with Crippen molar-refractivity contribution in [1.29, 1.82) is 0 Å². The van der Waals surface area contributed by atoms with Gasteiger partial charge in [0.05, 0.1) is 6.04 Å². The molecule has 1 atom stereocenters. The molecule has 2 rings (SSSR count). The lowest BCUT2D eigenvalue weighted by Gasteiger charge is -2.28. The molecule has 0 saturated heterocycles. The fraction of sp³-hybridized carbons (Fsp3) is 0.588. The van der Waals surface area contributed by atoms with Gasteiger partial charge in [0.25, 0.3) is 0 Å². The predicted molar refractivity (Wildman–Crippen MR) is 78.8 cm³/mol. The summed E-state index contributed by atoms with van der Waals surface area (Å²) in [6.45, 7) is 2.11. The van der Waals surface area contributed by atoms with Crippen LogP contribution in [0.4, 0.5) is 0 Å². The summed E-state index contributed by atoms with van der Waals surface area (Å²) in [5, 5.41) is 0. The molecule has 0 heterocycles. The first-order valence-electron chi connectivity index (χ1n) is 7.49. The van der Waals surface area contributed by atoms with Gasteiger partial charge in [-0.05, 0) is 31.2 Å². The number of hydrogen-bond donors (Lipinski definition) is 0. The van der Waals surface area contributed by atoms with Gasteiger partial charge >= 0.3 is 0 Å². The zero-order valence-electron chi connectivity index (χ0n) is 12.1. The molecule has 1 aliphatic carbocycles. The summed E-state index contributed by atoms with van der Waals surface area (Å²) in [5.41, 5.74) is 1.21. The lowest BCUT2D eigenvalue weighted by atomic mass is 9.86. The van der Waals surface area contributed by atoms with E-state index in [4.69, 9.17) is 0 Å². The molecule has 0 N–H and O–H groups in total. The highest BCUT2D eigenvalue weighted by atomic mass is 16.2. The van der Waals surface area contributed by atoms with Gasteiger partial charge in [-0.3, -0.25) is 4.79 Å². The van der Waals surface area contributed by atoms with Crippen LogP contribution in [0.5, 0.6) is 0 Å². The quantitative estimate of drug-likeness (QED) is 0.794. The van der Waals surface area contributed by atoms with E-state index in [1.807, 2.05) is 30.1 Å². The van der Waals surface area contributed by atoms with E-state index in [-0.39, 0.29) is 6.04 Å². The Morgan fingerprint density at radius 1 is 1.21 bits per heavy atom. The maximum Gasteiger partial charge on any atom is 0.223 e. The van der Waals surface area contributed by atoms with Crippen molar-refractivity contribution >= 4 is 5.91 Å². The number of amides is 1. The highest BCUT2D eigenvalue weighted by Gasteiger charge is 2.22. The van der Waals surface area contributed by atoms with Crippen LogP contribution < -0.4 is 0 Å². The van der Waals surface area contributed by atoms with Crippen molar-refractivity contribution in [3.63, 3.8) is 0 Å². The fourth-order valence-electron chi connectivity index (χ4n) is 2.95. The van der Waals surface area contributed by atoms with Crippen LogP contribution >= 0.6 is 0 Å². The largest absolute Gasteiger partial charge is 0.339 e. The van der Waals surface area contributed by atoms with E-state index in [9.17, 15) is 4.79 Å². The van der Waals surface area contributed by atoms with Gasteiger partial charge in [0.2, 0.25) is 5.91 Å². The van der Waals surface area contributed by atoms with E-state index in [1.165, 1.54) is 37.7 Å². The molecule has 19 heavy (non-hydrogen) atoms. The van der Waals surface area contributed by atoms with E-state index in [1.54, 1.807) is 0 Å². The van der Waals surface area contributed by atoms with Crippen molar-refractivity contribution in [2.75, 3.05) is 7.05 Å². The fourth-order valence-corrected chi connectivity index (χ4v) is 2.95. The second kappa shape index (κ2) is 6.74. The Balaban J connectivity index is 1.91. The van der Waals surface area contributed by atoms with Crippen molar-refractivity contribution in [2.24, 2.45) is 5.92 Å². The Morgan fingerprint density at radius 3 is 2.47 bits per heavy atom. The number of carbonyl (C=O) groups excluding carboxylic acids is 1. The van der Waals surface area contributed by atoms with E-state index >= 15 is 0 Å². The van der Waals surface area contributed by atoms with Crippen LogP contribution in [0.15, 0.2) is 30.3 Å². The first-order chi connectivity index (χ1) is 9.18. The highest BCUT2D eigenvalue weighted by molar-refractivity contribution is 5.76. The molecule has 1 aliphatic rings. The maximum atomic E-state index is 12.4. The second-order valence-electron chi connectivity index (χ2n) is 5.80. The number of carbonyl (C=O) groups is 1. The molecule has 104 valence electrons. The molecule has 0 bridgehead atoms. The molecule has 1 aromatic rings. The van der Waals surface area contributed by atoms with Gasteiger partial charge in [0.1, 0.15) is 0 Å². The van der Waals surface area contributed by atoms with E-state index in [0.717, 1.165) is 6.42 Å². The molecular weight excluding hydrogens is 234 g/mol. The van der Waals surface area contributed by atoms with Crippen LogP contribution in [0.25, 0.3) is 0 Å². The van der Waals surface area contributed by atoms with E-state index in [2.05, 4.69) is 19.1 Å². The number of benzene rings is 1. The van der Waals surface area contributed by atoms with E-state index < -0.39 is 0 Å². The van der Waals surface area contributed by atoms with Crippen LogP contribution in [0.3, 0.4) is 0 Å². The lowest BCUT2D eigenvalue weighted by molar-refractivity contribution is -0.133. The minimum Gasteiger partial charge on any atom is -0.339 e. The van der Waals surface area contributed by atoms with Crippen molar-refractivity contribution < 1.29 is 4.79 Å². The SMILES string of the molecule is CC(c1ccccc1)N(C)C(=O)CC1CCCCC1. The number of nitrogens with zero attached hydrogens (tertiary/aromatic N) is 1. The van der Waals surface area contributed by atoms with Gasteiger partial charge in [-0.15, -0.1) is 0 Å². The Bertz CT molecular complexity index is 395. The van der Waals surface area contributed by atoms with Crippen LogP contribution in [-0.4, -0.2) is 17.9 Å². The zero-order chi connectivity index (χ0) is 13.7. The molecule has 1 fully saturated rings. The first-order valence-corrected chi connectivity index (χ1v) is 7.49. The summed E-state index contributed by atoms with van der Waals surface area (Å²) >= 11 is 0. The van der Waals surface area contributed by atoms with Crippen molar-refractivity contribution in [3.05, 3.63) is 35.9 Å². The van der Waals surface area contributed by atoms with Crippen molar-refractivity contribution in [3.8, 4) is 0 Å². The molecular formula is C17H25NO. The Morgan fingerprint density at radius 2 is 1.84 bits per heavy atom. The minimum absolute atomic E-state index is 0.164. The molecule has 1 amide bonds. The molecule has 2 nitrogen and oxygen atoms in total. The van der Waals surface area contributed by atoms with Crippen LogP contribution in [0, 0.1) is 5.92 Å². The first kappa shape index (κ1) is 14.1. The van der Waals surface area contributed by atoms with E-state index in [0.29, 0.717) is 11.8 Å². The summed E-state index contributed by atoms with van der Waals surface area (Å²) in [6, 6.07) is 10.4. The average Bonchev–Trinajstić information content (AvgIpc) is 2.47. The molecule has 2 heteroatoms. The normalized spacial score (nSPS) is 18.0. The minimum atomic E-state index is 0.164. The molecule has 0 aliphatic heterocycles. The predicted octanol–water partition coefficient (Wildman–Crippen LogP) is 4.18. The third-order valence-electron chi connectivity index (χ3n) is 4.44. The molecule has 0 radical (unpaired) electrons.